The lowest BCUT2D eigenvalue weighted by atomic mass is 10.3. The predicted molar refractivity (Wildman–Crippen MR) is 59.8 cm³/mol. The van der Waals surface area contributed by atoms with Gasteiger partial charge in [0.15, 0.2) is 11.6 Å². The van der Waals surface area contributed by atoms with Gasteiger partial charge in [0.2, 0.25) is 10.1 Å². The third-order valence-electron chi connectivity index (χ3n) is 1.55. The van der Waals surface area contributed by atoms with E-state index in [-0.39, 0.29) is 4.38 Å². The van der Waals surface area contributed by atoms with Crippen molar-refractivity contribution in [3.8, 4) is 5.75 Å². The minimum Gasteiger partial charge on any atom is -0.434 e. The van der Waals surface area contributed by atoms with E-state index in [4.69, 9.17) is 0 Å². The zero-order valence-electron chi connectivity index (χ0n) is 7.90. The Morgan fingerprint density at radius 1 is 1.50 bits per heavy atom. The number of benzene rings is 1. The molecule has 0 aromatic heterocycles. The average molecular weight is 265 g/mol. The number of hydrogen-bond donors (Lipinski definition) is 0. The molecule has 0 unspecified atom stereocenters. The van der Waals surface area contributed by atoms with Crippen LogP contribution in [0.5, 0.6) is 5.75 Å². The topological polar surface area (TPSA) is 52.4 Å². The Hall–Kier alpha value is -1.28. The van der Waals surface area contributed by atoms with Crippen LogP contribution in [0.15, 0.2) is 12.1 Å². The van der Waals surface area contributed by atoms with Crippen molar-refractivity contribution in [1.82, 2.24) is 0 Å². The standard InChI is InChI=1S/C8H5F2NO3S2/c1-16-8(15)14-7-5(9)2-4(11(12)13)3-6(7)10/h2-3H,1H3. The van der Waals surface area contributed by atoms with Crippen molar-refractivity contribution in [2.24, 2.45) is 0 Å². The number of thiocarbonyl (C=S) groups is 1. The fourth-order valence-electron chi connectivity index (χ4n) is 0.874. The maximum atomic E-state index is 13.2. The van der Waals surface area contributed by atoms with Crippen molar-refractivity contribution in [2.45, 2.75) is 0 Å². The van der Waals surface area contributed by atoms with Crippen molar-refractivity contribution < 1.29 is 18.4 Å². The third-order valence-corrected chi connectivity index (χ3v) is 2.55. The summed E-state index contributed by atoms with van der Waals surface area (Å²) in [5, 5.41) is 10.3. The second kappa shape index (κ2) is 5.17. The predicted octanol–water partition coefficient (Wildman–Crippen LogP) is 2.90. The Labute approximate surface area is 98.7 Å². The lowest BCUT2D eigenvalue weighted by Crippen LogP contribution is -2.04. The first-order valence-electron chi connectivity index (χ1n) is 3.85. The van der Waals surface area contributed by atoms with Gasteiger partial charge in [0.25, 0.3) is 5.69 Å². The average Bonchev–Trinajstić information content (AvgIpc) is 2.22. The Kier molecular flexibility index (Phi) is 4.13. The summed E-state index contributed by atoms with van der Waals surface area (Å²) in [5.74, 6) is -3.06. The van der Waals surface area contributed by atoms with Crippen LogP contribution in [0.1, 0.15) is 0 Å². The summed E-state index contributed by atoms with van der Waals surface area (Å²) in [7, 11) is 0. The van der Waals surface area contributed by atoms with Crippen LogP contribution in [0.2, 0.25) is 0 Å². The second-order valence-electron chi connectivity index (χ2n) is 2.55. The van der Waals surface area contributed by atoms with Crippen LogP contribution in [0.4, 0.5) is 14.5 Å². The number of nitro benzene ring substituents is 1. The maximum absolute atomic E-state index is 13.2. The highest BCUT2D eigenvalue weighted by Crippen LogP contribution is 2.27. The molecule has 0 fully saturated rings. The summed E-state index contributed by atoms with van der Waals surface area (Å²) < 4.78 is 31.1. The van der Waals surface area contributed by atoms with Crippen LogP contribution in [-0.4, -0.2) is 15.6 Å². The first-order valence-corrected chi connectivity index (χ1v) is 5.48. The summed E-state index contributed by atoms with van der Waals surface area (Å²) in [6.07, 6.45) is 1.57. The number of nitro groups is 1. The molecule has 8 heteroatoms. The van der Waals surface area contributed by atoms with Gasteiger partial charge in [-0.15, -0.1) is 0 Å². The number of halogens is 2. The van der Waals surface area contributed by atoms with Crippen molar-refractivity contribution in [3.63, 3.8) is 0 Å². The van der Waals surface area contributed by atoms with Crippen LogP contribution in [0, 0.1) is 21.7 Å². The minimum atomic E-state index is -1.16. The quantitative estimate of drug-likeness (QED) is 0.467. The first kappa shape index (κ1) is 12.8. The fraction of sp³-hybridized carbons (Fsp3) is 0.125. The van der Waals surface area contributed by atoms with Gasteiger partial charge in [0.1, 0.15) is 0 Å². The van der Waals surface area contributed by atoms with E-state index in [9.17, 15) is 18.9 Å². The van der Waals surface area contributed by atoms with Gasteiger partial charge in [-0.1, -0.05) is 11.8 Å². The summed E-state index contributed by atoms with van der Waals surface area (Å²) in [6, 6.07) is 1.14. The van der Waals surface area contributed by atoms with Crippen molar-refractivity contribution >= 4 is 34.0 Å². The summed E-state index contributed by atoms with van der Waals surface area (Å²) in [6.45, 7) is 0. The molecular weight excluding hydrogens is 260 g/mol. The SMILES string of the molecule is CSC(=S)Oc1c(F)cc([N+](=O)[O-])cc1F. The molecule has 0 saturated carbocycles. The van der Waals surface area contributed by atoms with E-state index in [0.717, 1.165) is 11.8 Å². The van der Waals surface area contributed by atoms with Crippen molar-refractivity contribution in [2.75, 3.05) is 6.26 Å². The maximum Gasteiger partial charge on any atom is 0.275 e. The molecule has 0 bridgehead atoms. The lowest BCUT2D eigenvalue weighted by Gasteiger charge is -2.06. The van der Waals surface area contributed by atoms with Gasteiger partial charge in [-0.05, 0) is 18.5 Å². The van der Waals surface area contributed by atoms with E-state index in [1.807, 2.05) is 0 Å². The molecule has 0 heterocycles. The summed E-state index contributed by atoms with van der Waals surface area (Å²) in [4.78, 5) is 9.40. The number of rotatable bonds is 2. The zero-order valence-corrected chi connectivity index (χ0v) is 9.53. The Morgan fingerprint density at radius 3 is 2.38 bits per heavy atom. The van der Waals surface area contributed by atoms with Crippen LogP contribution in [-0.2, 0) is 0 Å². The van der Waals surface area contributed by atoms with Crippen molar-refractivity contribution in [1.29, 1.82) is 0 Å². The normalized spacial score (nSPS) is 9.94. The molecule has 1 aromatic rings. The zero-order chi connectivity index (χ0) is 12.3. The molecule has 0 aliphatic heterocycles. The fourth-order valence-corrected chi connectivity index (χ4v) is 1.12. The van der Waals surface area contributed by atoms with E-state index in [2.05, 4.69) is 17.0 Å². The number of thioether (sulfide) groups is 1. The molecule has 1 rings (SSSR count). The Morgan fingerprint density at radius 2 is 2.00 bits per heavy atom. The van der Waals surface area contributed by atoms with Gasteiger partial charge in [0, 0.05) is 0 Å². The van der Waals surface area contributed by atoms with Gasteiger partial charge >= 0.3 is 0 Å². The number of hydrogen-bond acceptors (Lipinski definition) is 5. The number of nitrogens with zero attached hydrogens (tertiary/aromatic N) is 1. The highest BCUT2D eigenvalue weighted by Gasteiger charge is 2.19. The van der Waals surface area contributed by atoms with E-state index >= 15 is 0 Å². The molecule has 0 amide bonds. The van der Waals surface area contributed by atoms with Gasteiger partial charge in [-0.2, -0.15) is 0 Å². The Bertz CT molecular complexity index is 430. The molecule has 0 atom stereocenters. The van der Waals surface area contributed by atoms with Gasteiger partial charge < -0.3 is 4.74 Å². The van der Waals surface area contributed by atoms with Crippen molar-refractivity contribution in [3.05, 3.63) is 33.9 Å². The van der Waals surface area contributed by atoms with E-state index < -0.39 is 28.0 Å². The van der Waals surface area contributed by atoms with Crippen LogP contribution in [0.25, 0.3) is 0 Å². The molecule has 0 N–H and O–H groups in total. The summed E-state index contributed by atoms with van der Waals surface area (Å²) in [5.41, 5.74) is -0.683. The number of ether oxygens (including phenoxy) is 1. The van der Waals surface area contributed by atoms with Crippen LogP contribution < -0.4 is 4.74 Å². The largest absolute Gasteiger partial charge is 0.434 e. The molecule has 0 radical (unpaired) electrons. The third kappa shape index (κ3) is 2.86. The number of non-ortho nitro benzene ring substituents is 1. The first-order chi connectivity index (χ1) is 7.45. The molecule has 16 heavy (non-hydrogen) atoms. The molecule has 0 aliphatic carbocycles. The van der Waals surface area contributed by atoms with Crippen LogP contribution >= 0.6 is 24.0 Å². The second-order valence-corrected chi connectivity index (χ2v) is 3.96. The van der Waals surface area contributed by atoms with Crippen LogP contribution in [0.3, 0.4) is 0 Å². The minimum absolute atomic E-state index is 0.0772. The Balaban J connectivity index is 3.12. The molecule has 1 aromatic carbocycles. The highest BCUT2D eigenvalue weighted by molar-refractivity contribution is 8.22. The van der Waals surface area contributed by atoms with Gasteiger partial charge in [0.05, 0.1) is 17.1 Å². The molecule has 86 valence electrons. The smallest absolute Gasteiger partial charge is 0.275 e. The molecule has 0 spiro atoms. The van der Waals surface area contributed by atoms with E-state index in [1.54, 1.807) is 6.26 Å². The summed E-state index contributed by atoms with van der Waals surface area (Å²) >= 11 is 5.60. The lowest BCUT2D eigenvalue weighted by molar-refractivity contribution is -0.385. The molecular formula is C8H5F2NO3S2. The molecule has 0 saturated heterocycles. The van der Waals surface area contributed by atoms with E-state index in [1.165, 1.54) is 0 Å². The van der Waals surface area contributed by atoms with Gasteiger partial charge in [-0.3, -0.25) is 10.1 Å². The monoisotopic (exact) mass is 265 g/mol. The van der Waals surface area contributed by atoms with E-state index in [0.29, 0.717) is 12.1 Å². The van der Waals surface area contributed by atoms with Gasteiger partial charge in [-0.25, -0.2) is 8.78 Å². The molecule has 0 aliphatic rings. The highest BCUT2D eigenvalue weighted by atomic mass is 32.2. The molecule has 4 nitrogen and oxygen atoms in total.